The number of alkyl carbamates (subject to hydrolysis) is 1. The lowest BCUT2D eigenvalue weighted by atomic mass is 10.2. The molecule has 0 fully saturated rings. The van der Waals surface area contributed by atoms with Crippen LogP contribution in [0.3, 0.4) is 0 Å². The Morgan fingerprint density at radius 3 is 2.39 bits per heavy atom. The zero-order chi connectivity index (χ0) is 14.2. The maximum Gasteiger partial charge on any atom is 0.407 e. The fraction of sp³-hybridized carbons (Fsp3) is 0.900. The molecule has 0 aliphatic carbocycles. The Labute approximate surface area is 108 Å². The molecular weight excluding hydrogens is 262 g/mol. The van der Waals surface area contributed by atoms with Crippen LogP contribution in [0, 0.1) is 0 Å². The van der Waals surface area contributed by atoms with Gasteiger partial charge in [-0.05, 0) is 27.2 Å². The van der Waals surface area contributed by atoms with Gasteiger partial charge in [-0.3, -0.25) is 0 Å². The number of ether oxygens (including phenoxy) is 1. The van der Waals surface area contributed by atoms with E-state index in [-0.39, 0.29) is 18.9 Å². The van der Waals surface area contributed by atoms with E-state index in [0.717, 1.165) is 0 Å². The minimum absolute atomic E-state index is 0.0812. The van der Waals surface area contributed by atoms with Crippen LogP contribution in [0.4, 0.5) is 4.79 Å². The predicted molar refractivity (Wildman–Crippen MR) is 65.4 cm³/mol. The molecule has 18 heavy (non-hydrogen) atoms. The number of carbonyl (C=O) groups excluding carboxylic acids is 1. The minimum Gasteiger partial charge on any atom is -0.444 e. The Kier molecular flexibility index (Phi) is 7.19. The second-order valence-electron chi connectivity index (χ2n) is 4.58. The molecule has 0 aromatic rings. The second kappa shape index (κ2) is 7.55. The zero-order valence-electron chi connectivity index (χ0n) is 11.2. The van der Waals surface area contributed by atoms with E-state index in [1.54, 1.807) is 27.7 Å². The molecule has 0 bridgehead atoms. The molecule has 0 spiro atoms. The highest BCUT2D eigenvalue weighted by molar-refractivity contribution is 7.86. The summed E-state index contributed by atoms with van der Waals surface area (Å²) in [5.74, 6) is -0.105. The van der Waals surface area contributed by atoms with E-state index in [0.29, 0.717) is 6.42 Å². The van der Waals surface area contributed by atoms with Gasteiger partial charge in [-0.2, -0.15) is 8.42 Å². The van der Waals surface area contributed by atoms with Crippen LogP contribution in [0.2, 0.25) is 0 Å². The van der Waals surface area contributed by atoms with Crippen LogP contribution < -0.4 is 5.32 Å². The van der Waals surface area contributed by atoms with E-state index < -0.39 is 21.8 Å². The molecule has 0 unspecified atom stereocenters. The van der Waals surface area contributed by atoms with Gasteiger partial charge in [-0.1, -0.05) is 6.92 Å². The van der Waals surface area contributed by atoms with Gasteiger partial charge in [-0.25, -0.2) is 9.68 Å². The average Bonchev–Trinajstić information content (AvgIpc) is 2.13. The molecule has 0 saturated carbocycles. The summed E-state index contributed by atoms with van der Waals surface area (Å²) in [6.07, 6.45) is -0.149. The van der Waals surface area contributed by atoms with Gasteiger partial charge in [0.2, 0.25) is 0 Å². The van der Waals surface area contributed by atoms with Crippen molar-refractivity contribution in [2.45, 2.75) is 39.7 Å². The van der Waals surface area contributed by atoms with Crippen LogP contribution in [0.15, 0.2) is 0 Å². The summed E-state index contributed by atoms with van der Waals surface area (Å²) in [6, 6.07) is 0. The number of hydrogen-bond acceptors (Lipinski definition) is 6. The zero-order valence-corrected chi connectivity index (χ0v) is 12.0. The molecule has 1 N–H and O–H groups in total. The fourth-order valence-electron chi connectivity index (χ4n) is 0.900. The Morgan fingerprint density at radius 2 is 1.89 bits per heavy atom. The molecule has 0 radical (unpaired) electrons. The summed E-state index contributed by atoms with van der Waals surface area (Å²) < 4.78 is 31.3. The normalized spacial score (nSPS) is 12.2. The summed E-state index contributed by atoms with van der Waals surface area (Å²) in [6.45, 7) is 6.94. The van der Waals surface area contributed by atoms with Crippen molar-refractivity contribution in [2.75, 3.05) is 18.9 Å². The fourth-order valence-corrected chi connectivity index (χ4v) is 1.68. The molecule has 1 amide bonds. The largest absolute Gasteiger partial charge is 0.444 e. The molecule has 0 rings (SSSR count). The quantitative estimate of drug-likeness (QED) is 0.429. The predicted octanol–water partition coefficient (Wildman–Crippen LogP) is 1.20. The first-order valence-corrected chi connectivity index (χ1v) is 7.24. The van der Waals surface area contributed by atoms with Crippen LogP contribution in [-0.4, -0.2) is 39.0 Å². The highest BCUT2D eigenvalue weighted by atomic mass is 32.2. The van der Waals surface area contributed by atoms with E-state index in [2.05, 4.69) is 14.5 Å². The van der Waals surface area contributed by atoms with E-state index in [1.807, 2.05) is 0 Å². The number of amides is 1. The van der Waals surface area contributed by atoms with Crippen LogP contribution in [0.25, 0.3) is 0 Å². The van der Waals surface area contributed by atoms with Gasteiger partial charge in [0.05, 0.1) is 5.75 Å². The van der Waals surface area contributed by atoms with Crippen LogP contribution >= 0.6 is 0 Å². The highest BCUT2D eigenvalue weighted by Crippen LogP contribution is 2.06. The topological polar surface area (TPSA) is 90.9 Å². The van der Waals surface area contributed by atoms with Crippen LogP contribution in [0.1, 0.15) is 34.1 Å². The Hall–Kier alpha value is -0.860. The SMILES string of the molecule is CCCS(=O)(=O)OOCCNC(=O)OC(C)(C)C. The van der Waals surface area contributed by atoms with Gasteiger partial charge in [-0.15, -0.1) is 4.33 Å². The summed E-state index contributed by atoms with van der Waals surface area (Å²) in [7, 11) is -3.63. The van der Waals surface area contributed by atoms with E-state index in [1.165, 1.54) is 0 Å². The van der Waals surface area contributed by atoms with Gasteiger partial charge in [0, 0.05) is 6.54 Å². The van der Waals surface area contributed by atoms with Crippen molar-refractivity contribution in [3.8, 4) is 0 Å². The van der Waals surface area contributed by atoms with Gasteiger partial charge in [0.15, 0.2) is 0 Å². The third-order valence-corrected chi connectivity index (χ3v) is 2.67. The Balaban J connectivity index is 3.66. The lowest BCUT2D eigenvalue weighted by molar-refractivity contribution is -0.199. The monoisotopic (exact) mass is 283 g/mol. The van der Waals surface area contributed by atoms with Crippen LogP contribution in [0.5, 0.6) is 0 Å². The summed E-state index contributed by atoms with van der Waals surface area (Å²) >= 11 is 0. The summed E-state index contributed by atoms with van der Waals surface area (Å²) in [5.41, 5.74) is -0.577. The Morgan fingerprint density at radius 1 is 1.28 bits per heavy atom. The van der Waals surface area contributed by atoms with Crippen molar-refractivity contribution in [2.24, 2.45) is 0 Å². The van der Waals surface area contributed by atoms with Gasteiger partial charge < -0.3 is 10.1 Å². The first-order valence-electron chi connectivity index (χ1n) is 5.67. The molecular formula is C10H21NO6S. The third-order valence-electron chi connectivity index (χ3n) is 1.46. The van der Waals surface area contributed by atoms with Gasteiger partial charge in [0.25, 0.3) is 10.1 Å². The number of carbonyl (C=O) groups is 1. The van der Waals surface area contributed by atoms with Crippen molar-refractivity contribution < 1.29 is 27.2 Å². The second-order valence-corrected chi connectivity index (χ2v) is 6.24. The first-order chi connectivity index (χ1) is 8.16. The molecule has 0 aliphatic heterocycles. The van der Waals surface area contributed by atoms with E-state index in [9.17, 15) is 13.2 Å². The summed E-state index contributed by atoms with van der Waals surface area (Å²) in [4.78, 5) is 15.6. The lowest BCUT2D eigenvalue weighted by Gasteiger charge is -2.19. The third kappa shape index (κ3) is 10.3. The van der Waals surface area contributed by atoms with Crippen molar-refractivity contribution in [3.63, 3.8) is 0 Å². The van der Waals surface area contributed by atoms with E-state index in [4.69, 9.17) is 4.74 Å². The number of hydrogen-bond donors (Lipinski definition) is 1. The smallest absolute Gasteiger partial charge is 0.407 e. The molecule has 0 atom stereocenters. The van der Waals surface area contributed by atoms with Crippen LogP contribution in [-0.2, 0) is 24.1 Å². The minimum atomic E-state index is -3.63. The Bertz CT molecular complexity index is 346. The van der Waals surface area contributed by atoms with Gasteiger partial charge in [0.1, 0.15) is 12.2 Å². The molecule has 7 nitrogen and oxygen atoms in total. The molecule has 0 heterocycles. The number of nitrogens with one attached hydrogen (secondary N) is 1. The van der Waals surface area contributed by atoms with Crippen molar-refractivity contribution in [1.82, 2.24) is 5.32 Å². The number of rotatable bonds is 7. The van der Waals surface area contributed by atoms with Gasteiger partial charge >= 0.3 is 6.09 Å². The first kappa shape index (κ1) is 17.1. The molecule has 0 aliphatic rings. The van der Waals surface area contributed by atoms with Crippen molar-refractivity contribution in [1.29, 1.82) is 0 Å². The maximum atomic E-state index is 11.2. The standard InChI is InChI=1S/C10H21NO6S/c1-5-8-18(13,14)17-15-7-6-11-9(12)16-10(2,3)4/h5-8H2,1-4H3,(H,11,12). The summed E-state index contributed by atoms with van der Waals surface area (Å²) in [5, 5.41) is 2.40. The lowest BCUT2D eigenvalue weighted by Crippen LogP contribution is -2.34. The van der Waals surface area contributed by atoms with Crippen molar-refractivity contribution in [3.05, 3.63) is 0 Å². The molecule has 0 saturated heterocycles. The molecule has 0 aromatic heterocycles. The highest BCUT2D eigenvalue weighted by Gasteiger charge is 2.15. The molecule has 8 heteroatoms. The average molecular weight is 283 g/mol. The van der Waals surface area contributed by atoms with Crippen molar-refractivity contribution >= 4 is 16.2 Å². The maximum absolute atomic E-state index is 11.2. The molecule has 108 valence electrons. The molecule has 0 aromatic carbocycles. The van der Waals surface area contributed by atoms with E-state index >= 15 is 0 Å².